The van der Waals surface area contributed by atoms with Crippen molar-refractivity contribution in [3.63, 3.8) is 0 Å². The van der Waals surface area contributed by atoms with Crippen LogP contribution in [0.2, 0.25) is 0 Å². The predicted octanol–water partition coefficient (Wildman–Crippen LogP) is 0.295. The lowest BCUT2D eigenvalue weighted by atomic mass is 10.2. The fourth-order valence-electron chi connectivity index (χ4n) is 1.45. The summed E-state index contributed by atoms with van der Waals surface area (Å²) in [4.78, 5) is 11.5. The summed E-state index contributed by atoms with van der Waals surface area (Å²) < 4.78 is 15.4. The molecule has 0 atom stereocenters. The summed E-state index contributed by atoms with van der Waals surface area (Å²) in [5.74, 6) is 0.872. The third kappa shape index (κ3) is 5.15. The Morgan fingerprint density at radius 1 is 1.32 bits per heavy atom. The monoisotopic (exact) mass is 268 g/mol. The van der Waals surface area contributed by atoms with Gasteiger partial charge >= 0.3 is 0 Å². The van der Waals surface area contributed by atoms with Crippen LogP contribution in [-0.4, -0.2) is 39.9 Å². The van der Waals surface area contributed by atoms with Gasteiger partial charge in [-0.3, -0.25) is 4.79 Å². The molecule has 1 aromatic rings. The molecular weight excluding hydrogens is 248 g/mol. The topological polar surface area (TPSA) is 82.8 Å². The van der Waals surface area contributed by atoms with Crippen LogP contribution in [0.1, 0.15) is 5.56 Å². The average Bonchev–Trinajstić information content (AvgIpc) is 2.45. The van der Waals surface area contributed by atoms with Crippen molar-refractivity contribution in [3.8, 4) is 11.5 Å². The molecule has 1 aromatic carbocycles. The van der Waals surface area contributed by atoms with Crippen molar-refractivity contribution in [2.24, 2.45) is 5.73 Å². The molecule has 0 aromatic heterocycles. The second-order valence-electron chi connectivity index (χ2n) is 3.82. The Kier molecular flexibility index (Phi) is 6.70. The third-order valence-corrected chi connectivity index (χ3v) is 2.45. The number of carbonyl (C=O) groups is 1. The van der Waals surface area contributed by atoms with E-state index in [1.807, 2.05) is 6.07 Å². The Bertz CT molecular complexity index is 410. The van der Waals surface area contributed by atoms with E-state index in [1.165, 1.54) is 0 Å². The van der Waals surface area contributed by atoms with Crippen molar-refractivity contribution in [2.75, 3.05) is 34.0 Å². The maximum atomic E-state index is 11.5. The second-order valence-corrected chi connectivity index (χ2v) is 3.82. The first-order chi connectivity index (χ1) is 9.21. The van der Waals surface area contributed by atoms with Gasteiger partial charge in [0.1, 0.15) is 0 Å². The standard InChI is InChI=1S/C13H20N2O4/c1-17-6-5-15-13(16)9-19-11-4-3-10(8-14)7-12(11)18-2/h3-4,7H,5-6,8-9,14H2,1-2H3,(H,15,16). The maximum Gasteiger partial charge on any atom is 0.258 e. The molecule has 3 N–H and O–H groups in total. The quantitative estimate of drug-likeness (QED) is 0.662. The van der Waals surface area contributed by atoms with Crippen LogP contribution < -0.4 is 20.5 Å². The highest BCUT2D eigenvalue weighted by molar-refractivity contribution is 5.77. The Morgan fingerprint density at radius 3 is 2.74 bits per heavy atom. The Hall–Kier alpha value is -1.79. The predicted molar refractivity (Wildman–Crippen MR) is 71.3 cm³/mol. The van der Waals surface area contributed by atoms with Gasteiger partial charge in [-0.2, -0.15) is 0 Å². The van der Waals surface area contributed by atoms with E-state index in [4.69, 9.17) is 19.9 Å². The minimum Gasteiger partial charge on any atom is -0.493 e. The fourth-order valence-corrected chi connectivity index (χ4v) is 1.45. The summed E-state index contributed by atoms with van der Waals surface area (Å²) in [6, 6.07) is 5.36. The van der Waals surface area contributed by atoms with Crippen LogP contribution in [0.15, 0.2) is 18.2 Å². The van der Waals surface area contributed by atoms with E-state index in [0.29, 0.717) is 31.2 Å². The first-order valence-electron chi connectivity index (χ1n) is 5.96. The van der Waals surface area contributed by atoms with Gasteiger partial charge in [0.15, 0.2) is 18.1 Å². The summed E-state index contributed by atoms with van der Waals surface area (Å²) >= 11 is 0. The number of ether oxygens (including phenoxy) is 3. The number of nitrogens with one attached hydrogen (secondary N) is 1. The molecule has 0 radical (unpaired) electrons. The minimum absolute atomic E-state index is 0.0674. The van der Waals surface area contributed by atoms with Gasteiger partial charge in [0.05, 0.1) is 13.7 Å². The number of hydrogen-bond donors (Lipinski definition) is 2. The fraction of sp³-hybridized carbons (Fsp3) is 0.462. The van der Waals surface area contributed by atoms with Gasteiger partial charge in [0.25, 0.3) is 5.91 Å². The van der Waals surface area contributed by atoms with Gasteiger partial charge in [-0.25, -0.2) is 0 Å². The van der Waals surface area contributed by atoms with E-state index < -0.39 is 0 Å². The second kappa shape index (κ2) is 8.34. The molecule has 0 saturated heterocycles. The first kappa shape index (κ1) is 15.3. The molecule has 0 heterocycles. The van der Waals surface area contributed by atoms with Crippen molar-refractivity contribution >= 4 is 5.91 Å². The van der Waals surface area contributed by atoms with E-state index in [1.54, 1.807) is 26.4 Å². The maximum absolute atomic E-state index is 11.5. The molecule has 0 aliphatic rings. The molecule has 0 unspecified atom stereocenters. The van der Waals surface area contributed by atoms with Crippen molar-refractivity contribution < 1.29 is 19.0 Å². The summed E-state index contributed by atoms with van der Waals surface area (Å²) in [7, 11) is 3.12. The van der Waals surface area contributed by atoms with Gasteiger partial charge in [-0.15, -0.1) is 0 Å². The van der Waals surface area contributed by atoms with Crippen LogP contribution in [0.5, 0.6) is 11.5 Å². The van der Waals surface area contributed by atoms with E-state index in [2.05, 4.69) is 5.32 Å². The highest BCUT2D eigenvalue weighted by Gasteiger charge is 2.08. The lowest BCUT2D eigenvalue weighted by molar-refractivity contribution is -0.123. The van der Waals surface area contributed by atoms with E-state index >= 15 is 0 Å². The van der Waals surface area contributed by atoms with Crippen LogP contribution in [-0.2, 0) is 16.1 Å². The summed E-state index contributed by atoms with van der Waals surface area (Å²) in [5.41, 5.74) is 6.48. The zero-order valence-electron chi connectivity index (χ0n) is 11.3. The van der Waals surface area contributed by atoms with Crippen LogP contribution in [0.25, 0.3) is 0 Å². The molecule has 0 aliphatic heterocycles. The van der Waals surface area contributed by atoms with Crippen molar-refractivity contribution in [1.29, 1.82) is 0 Å². The Morgan fingerprint density at radius 2 is 2.11 bits per heavy atom. The molecule has 0 aliphatic carbocycles. The number of amides is 1. The van der Waals surface area contributed by atoms with Crippen LogP contribution in [0, 0.1) is 0 Å². The molecule has 0 fully saturated rings. The number of benzene rings is 1. The molecule has 1 rings (SSSR count). The number of rotatable bonds is 8. The van der Waals surface area contributed by atoms with Crippen molar-refractivity contribution in [1.82, 2.24) is 5.32 Å². The van der Waals surface area contributed by atoms with Crippen molar-refractivity contribution in [2.45, 2.75) is 6.54 Å². The highest BCUT2D eigenvalue weighted by Crippen LogP contribution is 2.27. The average molecular weight is 268 g/mol. The summed E-state index contributed by atoms with van der Waals surface area (Å²) in [6.45, 7) is 1.29. The molecule has 0 spiro atoms. The molecule has 1 amide bonds. The van der Waals surface area contributed by atoms with Gasteiger partial charge in [-0.1, -0.05) is 6.07 Å². The molecule has 0 bridgehead atoms. The largest absolute Gasteiger partial charge is 0.493 e. The molecule has 0 saturated carbocycles. The van der Waals surface area contributed by atoms with Gasteiger partial charge in [0, 0.05) is 20.2 Å². The molecule has 19 heavy (non-hydrogen) atoms. The van der Waals surface area contributed by atoms with Gasteiger partial charge < -0.3 is 25.3 Å². The Balaban J connectivity index is 2.50. The molecule has 106 valence electrons. The first-order valence-corrected chi connectivity index (χ1v) is 5.96. The van der Waals surface area contributed by atoms with E-state index in [0.717, 1.165) is 5.56 Å². The van der Waals surface area contributed by atoms with E-state index in [9.17, 15) is 4.79 Å². The number of nitrogens with two attached hydrogens (primary N) is 1. The molecule has 6 heteroatoms. The van der Waals surface area contributed by atoms with Crippen molar-refractivity contribution in [3.05, 3.63) is 23.8 Å². The zero-order chi connectivity index (χ0) is 14.1. The minimum atomic E-state index is -0.206. The van der Waals surface area contributed by atoms with Gasteiger partial charge in [-0.05, 0) is 17.7 Å². The van der Waals surface area contributed by atoms with E-state index in [-0.39, 0.29) is 12.5 Å². The molecular formula is C13H20N2O4. The summed E-state index contributed by atoms with van der Waals surface area (Å²) in [5, 5.41) is 2.66. The lowest BCUT2D eigenvalue weighted by Gasteiger charge is -2.11. The zero-order valence-corrected chi connectivity index (χ0v) is 11.3. The van der Waals surface area contributed by atoms with Crippen LogP contribution in [0.3, 0.4) is 0 Å². The molecule has 6 nitrogen and oxygen atoms in total. The number of hydrogen-bond acceptors (Lipinski definition) is 5. The lowest BCUT2D eigenvalue weighted by Crippen LogP contribution is -2.31. The highest BCUT2D eigenvalue weighted by atomic mass is 16.5. The summed E-state index contributed by atoms with van der Waals surface area (Å²) in [6.07, 6.45) is 0. The number of carbonyl (C=O) groups excluding carboxylic acids is 1. The normalized spacial score (nSPS) is 10.1. The Labute approximate surface area is 112 Å². The SMILES string of the molecule is COCCNC(=O)COc1ccc(CN)cc1OC. The van der Waals surface area contributed by atoms with Crippen LogP contribution in [0.4, 0.5) is 0 Å². The third-order valence-electron chi connectivity index (χ3n) is 2.45. The number of methoxy groups -OCH3 is 2. The van der Waals surface area contributed by atoms with Gasteiger partial charge in [0.2, 0.25) is 0 Å². The smallest absolute Gasteiger partial charge is 0.258 e. The van der Waals surface area contributed by atoms with Crippen LogP contribution >= 0.6 is 0 Å².